The monoisotopic (exact) mass is 203 g/mol. The van der Waals surface area contributed by atoms with E-state index in [0.717, 1.165) is 16.4 Å². The van der Waals surface area contributed by atoms with Crippen molar-refractivity contribution in [1.82, 2.24) is 24.5 Å². The number of aromatic amines is 1. The molecular weight excluding hydrogens is 194 g/mol. The number of rotatable bonds is 0. The number of nitrogens with zero attached hydrogens (tertiary/aromatic N) is 4. The molecule has 0 fully saturated rings. The van der Waals surface area contributed by atoms with Crippen molar-refractivity contribution >= 4 is 21.9 Å². The Morgan fingerprint density at radius 2 is 2.20 bits per heavy atom. The predicted molar refractivity (Wildman–Crippen MR) is 55.6 cm³/mol. The maximum atomic E-state index is 11.6. The zero-order valence-electron chi connectivity index (χ0n) is 8.35. The second kappa shape index (κ2) is 2.47. The summed E-state index contributed by atoms with van der Waals surface area (Å²) in [7, 11) is 3.70. The number of aryl methyl sites for hydroxylation is 2. The van der Waals surface area contributed by atoms with E-state index in [1.165, 1.54) is 0 Å². The minimum Gasteiger partial charge on any atom is -0.336 e. The van der Waals surface area contributed by atoms with Crippen molar-refractivity contribution in [2.45, 2.75) is 0 Å². The molecule has 0 saturated heterocycles. The summed E-state index contributed by atoms with van der Waals surface area (Å²) in [5.74, 6) is 0. The fraction of sp³-hybridized carbons (Fsp3) is 0.222. The van der Waals surface area contributed by atoms with E-state index in [4.69, 9.17) is 0 Å². The molecule has 6 heteroatoms. The Kier molecular flexibility index (Phi) is 1.35. The van der Waals surface area contributed by atoms with E-state index >= 15 is 0 Å². The highest BCUT2D eigenvalue weighted by Gasteiger charge is 2.13. The summed E-state index contributed by atoms with van der Waals surface area (Å²) in [6.07, 6.45) is 3.51. The molecule has 3 aromatic heterocycles. The number of fused-ring (bicyclic) bond motifs is 3. The molecule has 0 radical (unpaired) electrons. The first kappa shape index (κ1) is 8.22. The Bertz CT molecular complexity index is 717. The van der Waals surface area contributed by atoms with Crippen LogP contribution in [0.15, 0.2) is 17.2 Å². The second-order valence-electron chi connectivity index (χ2n) is 3.56. The van der Waals surface area contributed by atoms with E-state index in [1.54, 1.807) is 10.9 Å². The highest BCUT2D eigenvalue weighted by molar-refractivity contribution is 6.04. The van der Waals surface area contributed by atoms with Gasteiger partial charge >= 0.3 is 0 Å². The first-order chi connectivity index (χ1) is 7.18. The molecule has 0 aliphatic carbocycles. The van der Waals surface area contributed by atoms with Gasteiger partial charge in [-0.25, -0.2) is 5.10 Å². The summed E-state index contributed by atoms with van der Waals surface area (Å²) < 4.78 is 3.56. The van der Waals surface area contributed by atoms with Gasteiger partial charge in [-0.15, -0.1) is 0 Å². The highest BCUT2D eigenvalue weighted by Crippen LogP contribution is 2.22. The minimum absolute atomic E-state index is 0.185. The van der Waals surface area contributed by atoms with Gasteiger partial charge in [0.1, 0.15) is 11.0 Å². The normalized spacial score (nSPS) is 11.6. The van der Waals surface area contributed by atoms with Gasteiger partial charge in [-0.1, -0.05) is 0 Å². The van der Waals surface area contributed by atoms with Crippen molar-refractivity contribution < 1.29 is 0 Å². The van der Waals surface area contributed by atoms with Crippen molar-refractivity contribution in [2.24, 2.45) is 14.1 Å². The summed E-state index contributed by atoms with van der Waals surface area (Å²) in [6.45, 7) is 0. The largest absolute Gasteiger partial charge is 0.336 e. The van der Waals surface area contributed by atoms with Crippen LogP contribution in [0.3, 0.4) is 0 Å². The summed E-state index contributed by atoms with van der Waals surface area (Å²) in [4.78, 5) is 11.6. The molecule has 0 aromatic carbocycles. The van der Waals surface area contributed by atoms with E-state index in [2.05, 4.69) is 15.3 Å². The first-order valence-electron chi connectivity index (χ1n) is 4.54. The molecule has 3 heterocycles. The summed E-state index contributed by atoms with van der Waals surface area (Å²) in [6, 6.07) is 0. The molecule has 3 aromatic rings. The lowest BCUT2D eigenvalue weighted by atomic mass is 10.3. The second-order valence-corrected chi connectivity index (χ2v) is 3.56. The van der Waals surface area contributed by atoms with Gasteiger partial charge in [0, 0.05) is 20.3 Å². The summed E-state index contributed by atoms with van der Waals surface area (Å²) in [5, 5.41) is 11.3. The van der Waals surface area contributed by atoms with Crippen LogP contribution in [0.4, 0.5) is 0 Å². The van der Waals surface area contributed by atoms with E-state index in [1.807, 2.05) is 24.9 Å². The fourth-order valence-corrected chi connectivity index (χ4v) is 1.93. The molecule has 0 amide bonds. The molecule has 6 nitrogen and oxygen atoms in total. The van der Waals surface area contributed by atoms with E-state index in [0.29, 0.717) is 5.52 Å². The van der Waals surface area contributed by atoms with Gasteiger partial charge in [-0.2, -0.15) is 10.2 Å². The number of nitrogens with one attached hydrogen (secondary N) is 1. The third kappa shape index (κ3) is 0.903. The van der Waals surface area contributed by atoms with Gasteiger partial charge in [-0.05, 0) is 0 Å². The van der Waals surface area contributed by atoms with Gasteiger partial charge in [0.05, 0.1) is 17.1 Å². The van der Waals surface area contributed by atoms with E-state index in [9.17, 15) is 4.79 Å². The van der Waals surface area contributed by atoms with Crippen LogP contribution >= 0.6 is 0 Å². The van der Waals surface area contributed by atoms with Gasteiger partial charge < -0.3 is 4.57 Å². The third-order valence-corrected chi connectivity index (χ3v) is 2.59. The third-order valence-electron chi connectivity index (χ3n) is 2.59. The van der Waals surface area contributed by atoms with Crippen LogP contribution in [0.2, 0.25) is 0 Å². The van der Waals surface area contributed by atoms with Crippen LogP contribution in [-0.4, -0.2) is 24.5 Å². The quantitative estimate of drug-likeness (QED) is 0.565. The number of hydrogen-bond acceptors (Lipinski definition) is 3. The minimum atomic E-state index is -0.185. The Morgan fingerprint density at radius 1 is 1.40 bits per heavy atom. The standard InChI is InChI=1S/C9H9N5O/c1-13-4-6-7(12-13)5-3-10-11-9(15)8(5)14(6)2/h3-4H,1-2H3,(H,11,15). The van der Waals surface area contributed by atoms with Gasteiger partial charge in [0.25, 0.3) is 5.56 Å². The molecule has 76 valence electrons. The van der Waals surface area contributed by atoms with Crippen LogP contribution in [0.1, 0.15) is 0 Å². The molecular formula is C9H9N5O. The maximum Gasteiger partial charge on any atom is 0.288 e. The highest BCUT2D eigenvalue weighted by atomic mass is 16.1. The molecule has 3 rings (SSSR count). The lowest BCUT2D eigenvalue weighted by molar-refractivity contribution is 0.778. The molecule has 0 aliphatic rings. The molecule has 0 unspecified atom stereocenters. The Labute approximate surface area is 84.1 Å². The fourth-order valence-electron chi connectivity index (χ4n) is 1.93. The average molecular weight is 203 g/mol. The predicted octanol–water partition coefficient (Wildman–Crippen LogP) is 0.148. The van der Waals surface area contributed by atoms with Crippen LogP contribution < -0.4 is 5.56 Å². The van der Waals surface area contributed by atoms with Crippen molar-refractivity contribution in [3.63, 3.8) is 0 Å². The topological polar surface area (TPSA) is 68.5 Å². The van der Waals surface area contributed by atoms with Crippen molar-refractivity contribution in [3.05, 3.63) is 22.7 Å². The summed E-state index contributed by atoms with van der Waals surface area (Å²) in [5.41, 5.74) is 2.18. The molecule has 0 saturated carbocycles. The van der Waals surface area contributed by atoms with Crippen LogP contribution in [-0.2, 0) is 14.1 Å². The van der Waals surface area contributed by atoms with Gasteiger partial charge in [0.2, 0.25) is 0 Å². The van der Waals surface area contributed by atoms with E-state index < -0.39 is 0 Å². The van der Waals surface area contributed by atoms with Crippen LogP contribution in [0.5, 0.6) is 0 Å². The Hall–Kier alpha value is -2.11. The molecule has 15 heavy (non-hydrogen) atoms. The van der Waals surface area contributed by atoms with Crippen LogP contribution in [0, 0.1) is 0 Å². The smallest absolute Gasteiger partial charge is 0.288 e. The lowest BCUT2D eigenvalue weighted by Crippen LogP contribution is -2.10. The Balaban J connectivity index is 2.71. The Morgan fingerprint density at radius 3 is 3.00 bits per heavy atom. The summed E-state index contributed by atoms with van der Waals surface area (Å²) >= 11 is 0. The van der Waals surface area contributed by atoms with Crippen LogP contribution in [0.25, 0.3) is 21.9 Å². The molecule has 0 spiro atoms. The van der Waals surface area contributed by atoms with Gasteiger partial charge in [-0.3, -0.25) is 9.48 Å². The first-order valence-corrected chi connectivity index (χ1v) is 4.54. The molecule has 0 bridgehead atoms. The van der Waals surface area contributed by atoms with Crippen molar-refractivity contribution in [3.8, 4) is 0 Å². The molecule has 1 N–H and O–H groups in total. The SMILES string of the molecule is Cn1cc2c(n1)c1cn[nH]c(=O)c1n2C. The zero-order chi connectivity index (χ0) is 10.6. The number of hydrogen-bond donors (Lipinski definition) is 1. The lowest BCUT2D eigenvalue weighted by Gasteiger charge is -1.94. The zero-order valence-corrected chi connectivity index (χ0v) is 8.35. The van der Waals surface area contributed by atoms with Gasteiger partial charge in [0.15, 0.2) is 0 Å². The average Bonchev–Trinajstić information content (AvgIpc) is 2.68. The maximum absolute atomic E-state index is 11.6. The molecule has 0 aliphatic heterocycles. The molecule has 0 atom stereocenters. The number of H-pyrrole nitrogens is 1. The van der Waals surface area contributed by atoms with Crippen molar-refractivity contribution in [1.29, 1.82) is 0 Å². The van der Waals surface area contributed by atoms with Crippen molar-refractivity contribution in [2.75, 3.05) is 0 Å². The number of aromatic nitrogens is 5. The van der Waals surface area contributed by atoms with E-state index in [-0.39, 0.29) is 5.56 Å².